The molecule has 2 unspecified atom stereocenters. The van der Waals surface area contributed by atoms with Gasteiger partial charge in [0.1, 0.15) is 0 Å². The zero-order valence-corrected chi connectivity index (χ0v) is 19.3. The Hall–Kier alpha value is -2.57. The first-order valence-corrected chi connectivity index (χ1v) is 11.2. The summed E-state index contributed by atoms with van der Waals surface area (Å²) in [5, 5.41) is 3.18. The molecule has 1 heterocycles. The van der Waals surface area contributed by atoms with Crippen LogP contribution in [0.25, 0.3) is 0 Å². The summed E-state index contributed by atoms with van der Waals surface area (Å²) < 4.78 is 5.88. The molecular weight excluding hydrogens is 388 g/mol. The second-order valence-corrected chi connectivity index (χ2v) is 8.64. The van der Waals surface area contributed by atoms with E-state index in [0.29, 0.717) is 13.1 Å². The van der Waals surface area contributed by atoms with E-state index in [1.165, 1.54) is 5.56 Å². The van der Waals surface area contributed by atoms with Crippen molar-refractivity contribution < 1.29 is 9.53 Å². The van der Waals surface area contributed by atoms with E-state index in [-0.39, 0.29) is 18.2 Å². The number of nitrogens with zero attached hydrogens (tertiary/aromatic N) is 3. The van der Waals surface area contributed by atoms with Gasteiger partial charge in [0.25, 0.3) is 0 Å². The fraction of sp³-hybridized carbons (Fsp3) is 0.480. The zero-order chi connectivity index (χ0) is 22.2. The summed E-state index contributed by atoms with van der Waals surface area (Å²) >= 11 is 0. The maximum atomic E-state index is 13.3. The molecule has 1 aliphatic rings. The summed E-state index contributed by atoms with van der Waals surface area (Å²) in [4.78, 5) is 19.6. The van der Waals surface area contributed by atoms with Gasteiger partial charge in [-0.2, -0.15) is 0 Å². The number of para-hydroxylation sites is 2. The number of carbonyl (C=O) groups excluding carboxylic acids is 1. The molecule has 2 aromatic rings. The molecule has 0 spiro atoms. The highest BCUT2D eigenvalue weighted by molar-refractivity contribution is 5.93. The molecule has 0 radical (unpaired) electrons. The largest absolute Gasteiger partial charge is 0.372 e. The summed E-state index contributed by atoms with van der Waals surface area (Å²) in [6.07, 6.45) is 1.16. The Kier molecular flexibility index (Phi) is 8.32. The lowest BCUT2D eigenvalue weighted by molar-refractivity contribution is -0.00517. The number of ether oxygens (including phenoxy) is 1. The number of nitrogens with one attached hydrogen (secondary N) is 1. The van der Waals surface area contributed by atoms with Gasteiger partial charge < -0.3 is 24.8 Å². The SMILES string of the molecule is CC1CN(c2ccccc2NC(=O)N(CCc2ccccc2)CCN(C)C)CC(C)O1. The van der Waals surface area contributed by atoms with E-state index >= 15 is 0 Å². The topological polar surface area (TPSA) is 48.1 Å². The number of anilines is 2. The Morgan fingerprint density at radius 1 is 0.968 bits per heavy atom. The van der Waals surface area contributed by atoms with Crippen molar-refractivity contribution in [1.29, 1.82) is 0 Å². The molecule has 1 N–H and O–H groups in total. The number of likely N-dealkylation sites (N-methyl/N-ethyl adjacent to an activating group) is 1. The fourth-order valence-electron chi connectivity index (χ4n) is 3.97. The average Bonchev–Trinajstić information content (AvgIpc) is 2.74. The van der Waals surface area contributed by atoms with Gasteiger partial charge in [-0.1, -0.05) is 42.5 Å². The van der Waals surface area contributed by atoms with Gasteiger partial charge in [0.15, 0.2) is 0 Å². The van der Waals surface area contributed by atoms with Gasteiger partial charge in [-0.15, -0.1) is 0 Å². The maximum absolute atomic E-state index is 13.3. The summed E-state index contributed by atoms with van der Waals surface area (Å²) in [7, 11) is 4.06. The Labute approximate surface area is 186 Å². The second-order valence-electron chi connectivity index (χ2n) is 8.64. The van der Waals surface area contributed by atoms with Crippen LogP contribution in [0.2, 0.25) is 0 Å². The Bertz CT molecular complexity index is 817. The monoisotopic (exact) mass is 424 g/mol. The smallest absolute Gasteiger partial charge is 0.321 e. The predicted octanol–water partition coefficient (Wildman–Crippen LogP) is 3.94. The molecule has 6 nitrogen and oxygen atoms in total. The van der Waals surface area contributed by atoms with Crippen LogP contribution in [0.3, 0.4) is 0 Å². The van der Waals surface area contributed by atoms with Crippen LogP contribution in [-0.2, 0) is 11.2 Å². The molecule has 168 valence electrons. The molecule has 0 aliphatic carbocycles. The molecule has 1 fully saturated rings. The minimum atomic E-state index is -0.0559. The number of carbonyl (C=O) groups is 1. The molecule has 1 aliphatic heterocycles. The van der Waals surface area contributed by atoms with E-state index in [9.17, 15) is 4.79 Å². The van der Waals surface area contributed by atoms with Crippen LogP contribution in [0.5, 0.6) is 0 Å². The Morgan fingerprint density at radius 3 is 2.29 bits per heavy atom. The van der Waals surface area contributed by atoms with E-state index in [1.807, 2.05) is 55.4 Å². The lowest BCUT2D eigenvalue weighted by Crippen LogP contribution is -2.46. The van der Waals surface area contributed by atoms with Gasteiger partial charge in [-0.25, -0.2) is 4.79 Å². The van der Waals surface area contributed by atoms with Crippen LogP contribution in [0.15, 0.2) is 54.6 Å². The van der Waals surface area contributed by atoms with E-state index in [0.717, 1.165) is 37.4 Å². The van der Waals surface area contributed by atoms with Crippen molar-refractivity contribution in [3.8, 4) is 0 Å². The molecule has 6 heteroatoms. The highest BCUT2D eigenvalue weighted by Gasteiger charge is 2.25. The van der Waals surface area contributed by atoms with Crippen molar-refractivity contribution in [1.82, 2.24) is 9.80 Å². The third kappa shape index (κ3) is 6.97. The summed E-state index contributed by atoms with van der Waals surface area (Å²) in [5.74, 6) is 0. The van der Waals surface area contributed by atoms with Gasteiger partial charge in [0.05, 0.1) is 23.6 Å². The van der Waals surface area contributed by atoms with Gasteiger partial charge in [-0.05, 0) is 52.1 Å². The van der Waals surface area contributed by atoms with Crippen molar-refractivity contribution >= 4 is 17.4 Å². The predicted molar refractivity (Wildman–Crippen MR) is 128 cm³/mol. The van der Waals surface area contributed by atoms with Crippen LogP contribution in [-0.4, -0.2) is 74.9 Å². The van der Waals surface area contributed by atoms with Crippen molar-refractivity contribution in [2.24, 2.45) is 0 Å². The quantitative estimate of drug-likeness (QED) is 0.697. The van der Waals surface area contributed by atoms with Crippen molar-refractivity contribution in [2.75, 3.05) is 57.0 Å². The highest BCUT2D eigenvalue weighted by atomic mass is 16.5. The van der Waals surface area contributed by atoms with E-state index in [1.54, 1.807) is 0 Å². The molecule has 0 bridgehead atoms. The minimum absolute atomic E-state index is 0.0559. The Balaban J connectivity index is 1.71. The number of hydrogen-bond acceptors (Lipinski definition) is 4. The zero-order valence-electron chi connectivity index (χ0n) is 19.3. The summed E-state index contributed by atoms with van der Waals surface area (Å²) in [6.45, 7) is 8.00. The molecule has 1 saturated heterocycles. The van der Waals surface area contributed by atoms with Crippen molar-refractivity contribution in [3.63, 3.8) is 0 Å². The first-order chi connectivity index (χ1) is 14.9. The standard InChI is InChI=1S/C25H36N4O2/c1-20-18-29(19-21(2)31-20)24-13-9-8-12-23(24)26-25(30)28(17-16-27(3)4)15-14-22-10-6-5-7-11-22/h5-13,20-21H,14-19H2,1-4H3,(H,26,30). The molecule has 0 aromatic heterocycles. The number of hydrogen-bond donors (Lipinski definition) is 1. The third-order valence-corrected chi connectivity index (χ3v) is 5.52. The normalized spacial score (nSPS) is 18.8. The summed E-state index contributed by atoms with van der Waals surface area (Å²) in [6, 6.07) is 18.3. The second kappa shape index (κ2) is 11.2. The third-order valence-electron chi connectivity index (χ3n) is 5.52. The maximum Gasteiger partial charge on any atom is 0.321 e. The molecule has 3 rings (SSSR count). The molecule has 0 saturated carbocycles. The molecule has 2 amide bonds. The molecule has 2 atom stereocenters. The highest BCUT2D eigenvalue weighted by Crippen LogP contribution is 2.28. The van der Waals surface area contributed by atoms with Crippen LogP contribution < -0.4 is 10.2 Å². The molecule has 2 aromatic carbocycles. The van der Waals surface area contributed by atoms with Crippen molar-refractivity contribution in [3.05, 3.63) is 60.2 Å². The Morgan fingerprint density at radius 2 is 1.61 bits per heavy atom. The first-order valence-electron chi connectivity index (χ1n) is 11.2. The van der Waals surface area contributed by atoms with Gasteiger partial charge >= 0.3 is 6.03 Å². The van der Waals surface area contributed by atoms with Crippen LogP contribution in [0, 0.1) is 0 Å². The van der Waals surface area contributed by atoms with E-state index in [4.69, 9.17) is 4.74 Å². The number of morpholine rings is 1. The van der Waals surface area contributed by atoms with Crippen LogP contribution in [0.4, 0.5) is 16.2 Å². The van der Waals surface area contributed by atoms with Crippen LogP contribution >= 0.6 is 0 Å². The number of rotatable bonds is 8. The van der Waals surface area contributed by atoms with Crippen LogP contribution in [0.1, 0.15) is 19.4 Å². The average molecular weight is 425 g/mol. The summed E-state index contributed by atoms with van der Waals surface area (Å²) in [5.41, 5.74) is 3.14. The van der Waals surface area contributed by atoms with E-state index < -0.39 is 0 Å². The molecular formula is C25H36N4O2. The number of urea groups is 1. The number of amides is 2. The number of benzene rings is 2. The van der Waals surface area contributed by atoms with Gasteiger partial charge in [0, 0.05) is 32.7 Å². The minimum Gasteiger partial charge on any atom is -0.372 e. The first kappa shape index (κ1) is 23.1. The fourth-order valence-corrected chi connectivity index (χ4v) is 3.97. The van der Waals surface area contributed by atoms with Crippen molar-refractivity contribution in [2.45, 2.75) is 32.5 Å². The van der Waals surface area contributed by atoms with Gasteiger partial charge in [0.2, 0.25) is 0 Å². The molecule has 31 heavy (non-hydrogen) atoms. The van der Waals surface area contributed by atoms with E-state index in [2.05, 4.69) is 47.2 Å². The lowest BCUT2D eigenvalue weighted by Gasteiger charge is -2.37. The lowest BCUT2D eigenvalue weighted by atomic mass is 10.1. The van der Waals surface area contributed by atoms with Gasteiger partial charge in [-0.3, -0.25) is 0 Å².